The van der Waals surface area contributed by atoms with Crippen LogP contribution in [0.25, 0.3) is 0 Å². The second-order valence-corrected chi connectivity index (χ2v) is 6.79. The minimum Gasteiger partial charge on any atom is -0.398 e. The van der Waals surface area contributed by atoms with Gasteiger partial charge in [-0.1, -0.05) is 11.6 Å². The number of nitrogen functional groups attached to an aromatic ring is 1. The first kappa shape index (κ1) is 16.7. The molecule has 0 aliphatic carbocycles. The van der Waals surface area contributed by atoms with Crippen molar-refractivity contribution >= 4 is 33.2 Å². The van der Waals surface area contributed by atoms with E-state index >= 15 is 0 Å². The molecule has 0 saturated carbocycles. The van der Waals surface area contributed by atoms with Crippen LogP contribution in [0.2, 0.25) is 5.02 Å². The van der Waals surface area contributed by atoms with Gasteiger partial charge in [0, 0.05) is 24.3 Å². The Labute approximate surface area is 123 Å². The van der Waals surface area contributed by atoms with Gasteiger partial charge in [-0.3, -0.25) is 4.79 Å². The molecule has 1 aromatic rings. The molecule has 0 unspecified atom stereocenters. The van der Waals surface area contributed by atoms with Crippen LogP contribution >= 0.6 is 11.6 Å². The van der Waals surface area contributed by atoms with Crippen molar-refractivity contribution in [2.45, 2.75) is 18.7 Å². The minimum absolute atomic E-state index is 0.0302. The highest BCUT2D eigenvalue weighted by atomic mass is 35.5. The van der Waals surface area contributed by atoms with E-state index in [-0.39, 0.29) is 22.4 Å². The van der Waals surface area contributed by atoms with Gasteiger partial charge in [0.1, 0.15) is 0 Å². The number of halogens is 1. The molecule has 0 radical (unpaired) electrons. The van der Waals surface area contributed by atoms with Crippen molar-refractivity contribution in [2.75, 3.05) is 25.9 Å². The third-order valence-corrected chi connectivity index (χ3v) is 4.98. The monoisotopic (exact) mass is 319 g/mol. The molecule has 0 saturated heterocycles. The Balaban J connectivity index is 3.07. The zero-order valence-corrected chi connectivity index (χ0v) is 13.2. The Kier molecular flexibility index (Phi) is 5.38. The SMILES string of the molecule is CCNC(=O)CN(C)S(=O)(=O)c1cc(N)c(C)c(Cl)c1. The molecule has 20 heavy (non-hydrogen) atoms. The van der Waals surface area contributed by atoms with Crippen molar-refractivity contribution in [2.24, 2.45) is 0 Å². The van der Waals surface area contributed by atoms with Crippen LogP contribution in [-0.4, -0.2) is 38.8 Å². The van der Waals surface area contributed by atoms with E-state index in [0.29, 0.717) is 17.8 Å². The maximum Gasteiger partial charge on any atom is 0.243 e. The number of likely N-dealkylation sites (N-methyl/N-ethyl adjacent to an activating group) is 2. The standard InChI is InChI=1S/C12H18ClN3O3S/c1-4-15-12(17)7-16(3)20(18,19)9-5-10(13)8(2)11(14)6-9/h5-6H,4,7,14H2,1-3H3,(H,15,17). The molecule has 0 heterocycles. The van der Waals surface area contributed by atoms with Crippen LogP contribution in [-0.2, 0) is 14.8 Å². The molecule has 0 aromatic heterocycles. The van der Waals surface area contributed by atoms with Gasteiger partial charge < -0.3 is 11.1 Å². The van der Waals surface area contributed by atoms with Gasteiger partial charge in [-0.25, -0.2) is 8.42 Å². The van der Waals surface area contributed by atoms with Gasteiger partial charge in [0.2, 0.25) is 15.9 Å². The van der Waals surface area contributed by atoms with Gasteiger partial charge in [-0.2, -0.15) is 4.31 Å². The highest BCUT2D eigenvalue weighted by Crippen LogP contribution is 2.27. The highest BCUT2D eigenvalue weighted by Gasteiger charge is 2.24. The molecule has 112 valence electrons. The lowest BCUT2D eigenvalue weighted by atomic mass is 10.2. The predicted molar refractivity (Wildman–Crippen MR) is 79.1 cm³/mol. The first-order valence-corrected chi connectivity index (χ1v) is 7.80. The lowest BCUT2D eigenvalue weighted by Gasteiger charge is -2.17. The van der Waals surface area contributed by atoms with E-state index in [1.54, 1.807) is 13.8 Å². The number of benzene rings is 1. The third kappa shape index (κ3) is 3.62. The molecule has 8 heteroatoms. The summed E-state index contributed by atoms with van der Waals surface area (Å²) in [6, 6.07) is 2.67. The van der Waals surface area contributed by atoms with Crippen molar-refractivity contribution in [1.29, 1.82) is 0 Å². The van der Waals surface area contributed by atoms with E-state index in [2.05, 4.69) is 5.32 Å². The topological polar surface area (TPSA) is 92.5 Å². The van der Waals surface area contributed by atoms with Crippen LogP contribution in [0.1, 0.15) is 12.5 Å². The number of anilines is 1. The van der Waals surface area contributed by atoms with Gasteiger partial charge in [-0.15, -0.1) is 0 Å². The summed E-state index contributed by atoms with van der Waals surface area (Å²) in [5.74, 6) is -0.371. The Morgan fingerprint density at radius 2 is 2.05 bits per heavy atom. The van der Waals surface area contributed by atoms with Crippen molar-refractivity contribution < 1.29 is 13.2 Å². The number of sulfonamides is 1. The molecular weight excluding hydrogens is 302 g/mol. The fourth-order valence-corrected chi connectivity index (χ4v) is 3.02. The fourth-order valence-electron chi connectivity index (χ4n) is 1.54. The summed E-state index contributed by atoms with van der Waals surface area (Å²) in [5.41, 5.74) is 6.64. The predicted octanol–water partition coefficient (Wildman–Crippen LogP) is 0.987. The summed E-state index contributed by atoms with van der Waals surface area (Å²) in [6.07, 6.45) is 0. The van der Waals surface area contributed by atoms with Crippen LogP contribution in [0.3, 0.4) is 0 Å². The van der Waals surface area contributed by atoms with E-state index in [9.17, 15) is 13.2 Å². The minimum atomic E-state index is -3.81. The van der Waals surface area contributed by atoms with Crippen LogP contribution < -0.4 is 11.1 Å². The summed E-state index contributed by atoms with van der Waals surface area (Å²) in [7, 11) is -2.48. The molecule has 1 aromatic carbocycles. The Bertz CT molecular complexity index is 593. The van der Waals surface area contributed by atoms with Crippen molar-refractivity contribution in [3.05, 3.63) is 22.7 Å². The second-order valence-electron chi connectivity index (χ2n) is 4.33. The summed E-state index contributed by atoms with van der Waals surface area (Å²) < 4.78 is 25.6. The maximum atomic E-state index is 12.3. The van der Waals surface area contributed by atoms with Crippen LogP contribution in [0.15, 0.2) is 17.0 Å². The fraction of sp³-hybridized carbons (Fsp3) is 0.417. The molecule has 1 amide bonds. The van der Waals surface area contributed by atoms with Crippen molar-refractivity contribution in [3.63, 3.8) is 0 Å². The average Bonchev–Trinajstić information content (AvgIpc) is 2.35. The normalized spacial score (nSPS) is 11.7. The number of hydrogen-bond donors (Lipinski definition) is 2. The largest absolute Gasteiger partial charge is 0.398 e. The summed E-state index contributed by atoms with van der Waals surface area (Å²) in [5, 5.41) is 2.81. The van der Waals surface area contributed by atoms with E-state index in [4.69, 9.17) is 17.3 Å². The third-order valence-electron chi connectivity index (χ3n) is 2.81. The zero-order valence-electron chi connectivity index (χ0n) is 11.6. The maximum absolute atomic E-state index is 12.3. The number of rotatable bonds is 5. The van der Waals surface area contributed by atoms with E-state index in [1.807, 2.05) is 0 Å². The number of nitrogens with two attached hydrogens (primary N) is 1. The Morgan fingerprint density at radius 1 is 1.45 bits per heavy atom. The molecular formula is C12H18ClN3O3S. The molecule has 0 aliphatic rings. The van der Waals surface area contributed by atoms with Gasteiger partial charge in [0.15, 0.2) is 0 Å². The molecule has 0 aliphatic heterocycles. The molecule has 3 N–H and O–H groups in total. The summed E-state index contributed by atoms with van der Waals surface area (Å²) in [6.45, 7) is 3.64. The van der Waals surface area contributed by atoms with Crippen LogP contribution in [0.4, 0.5) is 5.69 Å². The van der Waals surface area contributed by atoms with E-state index < -0.39 is 10.0 Å². The lowest BCUT2D eigenvalue weighted by Crippen LogP contribution is -2.38. The quantitative estimate of drug-likeness (QED) is 0.791. The number of hydrogen-bond acceptors (Lipinski definition) is 4. The van der Waals surface area contributed by atoms with Gasteiger partial charge in [0.05, 0.1) is 11.4 Å². The number of carbonyl (C=O) groups is 1. The van der Waals surface area contributed by atoms with E-state index in [0.717, 1.165) is 4.31 Å². The Hall–Kier alpha value is -1.31. The average molecular weight is 320 g/mol. The summed E-state index contributed by atoms with van der Waals surface area (Å²) in [4.78, 5) is 11.4. The molecule has 0 fully saturated rings. The van der Waals surface area contributed by atoms with Crippen LogP contribution in [0.5, 0.6) is 0 Å². The van der Waals surface area contributed by atoms with Crippen molar-refractivity contribution in [1.82, 2.24) is 9.62 Å². The van der Waals surface area contributed by atoms with Gasteiger partial charge in [-0.05, 0) is 31.5 Å². The van der Waals surface area contributed by atoms with Gasteiger partial charge in [0.25, 0.3) is 0 Å². The Morgan fingerprint density at radius 3 is 2.55 bits per heavy atom. The molecule has 6 nitrogen and oxygen atoms in total. The van der Waals surface area contributed by atoms with E-state index in [1.165, 1.54) is 19.2 Å². The first-order chi connectivity index (χ1) is 9.20. The van der Waals surface area contributed by atoms with Gasteiger partial charge >= 0.3 is 0 Å². The zero-order chi connectivity index (χ0) is 15.5. The number of nitrogens with zero attached hydrogens (tertiary/aromatic N) is 1. The molecule has 0 atom stereocenters. The molecule has 0 bridgehead atoms. The molecule has 0 spiro atoms. The summed E-state index contributed by atoms with van der Waals surface area (Å²) >= 11 is 5.94. The van der Waals surface area contributed by atoms with Crippen LogP contribution in [0, 0.1) is 6.92 Å². The lowest BCUT2D eigenvalue weighted by molar-refractivity contribution is -0.121. The number of carbonyl (C=O) groups excluding carboxylic acids is 1. The number of nitrogens with one attached hydrogen (secondary N) is 1. The molecule has 1 rings (SSSR count). The first-order valence-electron chi connectivity index (χ1n) is 5.98. The van der Waals surface area contributed by atoms with Crippen molar-refractivity contribution in [3.8, 4) is 0 Å². The highest BCUT2D eigenvalue weighted by molar-refractivity contribution is 7.89. The smallest absolute Gasteiger partial charge is 0.243 e. The second kappa shape index (κ2) is 6.43. The number of amides is 1.